The van der Waals surface area contributed by atoms with Gasteiger partial charge in [0.2, 0.25) is 0 Å². The van der Waals surface area contributed by atoms with Crippen molar-refractivity contribution in [3.8, 4) is 12.1 Å². The first kappa shape index (κ1) is 17.2. The van der Waals surface area contributed by atoms with Crippen molar-refractivity contribution in [3.63, 3.8) is 0 Å². The van der Waals surface area contributed by atoms with Gasteiger partial charge < -0.3 is 14.5 Å². The Hall–Kier alpha value is -3.91. The highest BCUT2D eigenvalue weighted by molar-refractivity contribution is 6.05. The van der Waals surface area contributed by atoms with E-state index in [0.717, 1.165) is 47.3 Å². The molecule has 1 aliphatic rings. The second-order valence-electron chi connectivity index (χ2n) is 7.47. The number of nitriles is 2. The second-order valence-corrected chi connectivity index (χ2v) is 7.47. The average Bonchev–Trinajstić information content (AvgIpc) is 3.37. The van der Waals surface area contributed by atoms with Crippen molar-refractivity contribution in [2.24, 2.45) is 5.92 Å². The topological polar surface area (TPSA) is 110 Å². The molecule has 2 atom stereocenters. The molecule has 1 N–H and O–H groups in total. The highest BCUT2D eigenvalue weighted by Crippen LogP contribution is 2.35. The number of nitrogens with zero attached hydrogens (tertiary/aromatic N) is 7. The van der Waals surface area contributed by atoms with Crippen molar-refractivity contribution in [1.29, 1.82) is 10.5 Å². The van der Waals surface area contributed by atoms with Gasteiger partial charge in [0.15, 0.2) is 5.69 Å². The van der Waals surface area contributed by atoms with E-state index in [0.29, 0.717) is 17.2 Å². The number of hydrogen-bond acceptors (Lipinski definition) is 6. The highest BCUT2D eigenvalue weighted by Gasteiger charge is 2.30. The highest BCUT2D eigenvalue weighted by atomic mass is 15.2. The van der Waals surface area contributed by atoms with Gasteiger partial charge >= 0.3 is 0 Å². The van der Waals surface area contributed by atoms with Gasteiger partial charge in [-0.3, -0.25) is 0 Å². The Kier molecular flexibility index (Phi) is 3.92. The van der Waals surface area contributed by atoms with Gasteiger partial charge in [0.05, 0.1) is 34.9 Å². The molecule has 0 bridgehead atoms. The van der Waals surface area contributed by atoms with Crippen LogP contribution in [0.1, 0.15) is 30.6 Å². The number of fused-ring (bicyclic) bond motifs is 3. The monoisotopic (exact) mass is 382 g/mol. The summed E-state index contributed by atoms with van der Waals surface area (Å²) in [5.41, 5.74) is 2.69. The maximum atomic E-state index is 9.55. The third kappa shape index (κ3) is 2.69. The predicted molar refractivity (Wildman–Crippen MR) is 108 cm³/mol. The van der Waals surface area contributed by atoms with Crippen LogP contribution in [-0.4, -0.2) is 37.6 Å². The lowest BCUT2D eigenvalue weighted by Crippen LogP contribution is -2.41. The zero-order valence-electron chi connectivity index (χ0n) is 15.9. The zero-order chi connectivity index (χ0) is 20.0. The largest absolute Gasteiger partial charge is 0.353 e. The van der Waals surface area contributed by atoms with Crippen LogP contribution >= 0.6 is 0 Å². The molecule has 142 valence electrons. The van der Waals surface area contributed by atoms with Gasteiger partial charge in [-0.15, -0.1) is 0 Å². The van der Waals surface area contributed by atoms with Crippen molar-refractivity contribution < 1.29 is 0 Å². The Labute approximate surface area is 167 Å². The fraction of sp³-hybridized carbons (Fsp3) is 0.286. The van der Waals surface area contributed by atoms with Crippen LogP contribution in [0.25, 0.3) is 21.9 Å². The van der Waals surface area contributed by atoms with E-state index in [1.807, 2.05) is 12.3 Å². The van der Waals surface area contributed by atoms with E-state index in [-0.39, 0.29) is 6.04 Å². The molecular formula is C21H18N8. The van der Waals surface area contributed by atoms with Crippen LogP contribution in [0, 0.1) is 28.6 Å². The molecule has 5 heterocycles. The van der Waals surface area contributed by atoms with Gasteiger partial charge in [-0.05, 0) is 18.4 Å². The SMILES string of the molecule is C[C@@H]1CCN(c2cnc(C#N)cn2)C[C@@H]1n1ccc2cnc3[nH]cc(C#N)c3c21. The van der Waals surface area contributed by atoms with Gasteiger partial charge in [0, 0.05) is 37.1 Å². The minimum absolute atomic E-state index is 0.214. The molecule has 0 saturated carbocycles. The van der Waals surface area contributed by atoms with E-state index in [4.69, 9.17) is 5.26 Å². The number of rotatable bonds is 2. The van der Waals surface area contributed by atoms with Crippen molar-refractivity contribution in [1.82, 2.24) is 24.5 Å². The van der Waals surface area contributed by atoms with Crippen molar-refractivity contribution >= 4 is 27.8 Å². The van der Waals surface area contributed by atoms with Crippen LogP contribution in [0.2, 0.25) is 0 Å². The van der Waals surface area contributed by atoms with E-state index in [1.54, 1.807) is 12.4 Å². The summed E-state index contributed by atoms with van der Waals surface area (Å²) in [5, 5.41) is 20.4. The maximum absolute atomic E-state index is 9.55. The first-order valence-corrected chi connectivity index (χ1v) is 9.53. The molecule has 1 fully saturated rings. The van der Waals surface area contributed by atoms with E-state index >= 15 is 0 Å². The number of aromatic nitrogens is 5. The lowest BCUT2D eigenvalue weighted by atomic mass is 9.93. The Bertz CT molecular complexity index is 1280. The van der Waals surface area contributed by atoms with E-state index in [1.165, 1.54) is 6.20 Å². The van der Waals surface area contributed by atoms with Crippen molar-refractivity contribution in [2.45, 2.75) is 19.4 Å². The second kappa shape index (κ2) is 6.61. The zero-order valence-corrected chi connectivity index (χ0v) is 15.9. The van der Waals surface area contributed by atoms with Crippen LogP contribution < -0.4 is 4.90 Å². The van der Waals surface area contributed by atoms with Gasteiger partial charge in [-0.2, -0.15) is 10.5 Å². The normalized spacial score (nSPS) is 19.3. The predicted octanol–water partition coefficient (Wildman–Crippen LogP) is 3.14. The molecule has 29 heavy (non-hydrogen) atoms. The van der Waals surface area contributed by atoms with E-state index < -0.39 is 0 Å². The summed E-state index contributed by atoms with van der Waals surface area (Å²) in [5.74, 6) is 1.24. The quantitative estimate of drug-likeness (QED) is 0.570. The fourth-order valence-corrected chi connectivity index (χ4v) is 4.25. The summed E-state index contributed by atoms with van der Waals surface area (Å²) < 4.78 is 2.28. The first-order chi connectivity index (χ1) is 14.2. The Morgan fingerprint density at radius 3 is 2.79 bits per heavy atom. The van der Waals surface area contributed by atoms with Crippen LogP contribution in [0.5, 0.6) is 0 Å². The first-order valence-electron chi connectivity index (χ1n) is 9.53. The van der Waals surface area contributed by atoms with Crippen LogP contribution in [0.4, 0.5) is 5.82 Å². The van der Waals surface area contributed by atoms with Crippen LogP contribution in [0.15, 0.2) is 37.1 Å². The molecule has 8 heteroatoms. The molecular weight excluding hydrogens is 364 g/mol. The number of aromatic amines is 1. The number of pyridine rings is 1. The summed E-state index contributed by atoms with van der Waals surface area (Å²) in [4.78, 5) is 18.4. The molecule has 0 aliphatic carbocycles. The third-order valence-corrected chi connectivity index (χ3v) is 5.85. The minimum Gasteiger partial charge on any atom is -0.353 e. The van der Waals surface area contributed by atoms with Gasteiger partial charge in [0.25, 0.3) is 0 Å². The number of nitrogens with one attached hydrogen (secondary N) is 1. The molecule has 5 rings (SSSR count). The minimum atomic E-state index is 0.214. The maximum Gasteiger partial charge on any atom is 0.158 e. The number of anilines is 1. The lowest BCUT2D eigenvalue weighted by molar-refractivity contribution is 0.304. The lowest BCUT2D eigenvalue weighted by Gasteiger charge is -2.38. The standard InChI is InChI=1S/C21H18N8/c1-13-2-4-28(18-11-24-16(7-23)10-25-18)12-17(13)29-5-3-14-8-26-21-19(20(14)29)15(6-22)9-27-21/h3,5,8-11,13,17H,2,4,12H2,1H3,(H,26,27)/t13-,17+/m1/s1. The number of piperidine rings is 1. The molecule has 8 nitrogen and oxygen atoms in total. The fourth-order valence-electron chi connectivity index (χ4n) is 4.25. The van der Waals surface area contributed by atoms with Gasteiger partial charge in [0.1, 0.15) is 23.6 Å². The molecule has 0 amide bonds. The summed E-state index contributed by atoms with van der Waals surface area (Å²) >= 11 is 0. The van der Waals surface area contributed by atoms with Gasteiger partial charge in [-0.25, -0.2) is 15.0 Å². The summed E-state index contributed by atoms with van der Waals surface area (Å²) in [6.07, 6.45) is 9.86. The molecule has 0 spiro atoms. The third-order valence-electron chi connectivity index (χ3n) is 5.85. The summed E-state index contributed by atoms with van der Waals surface area (Å²) in [6.45, 7) is 3.93. The molecule has 0 radical (unpaired) electrons. The Balaban J connectivity index is 1.58. The van der Waals surface area contributed by atoms with Crippen molar-refractivity contribution in [3.05, 3.63) is 48.3 Å². The van der Waals surface area contributed by atoms with Gasteiger partial charge in [-0.1, -0.05) is 6.92 Å². The van der Waals surface area contributed by atoms with Crippen LogP contribution in [0.3, 0.4) is 0 Å². The van der Waals surface area contributed by atoms with E-state index in [9.17, 15) is 5.26 Å². The summed E-state index contributed by atoms with van der Waals surface area (Å²) in [7, 11) is 0. The Morgan fingerprint density at radius 2 is 2.03 bits per heavy atom. The molecule has 0 aromatic carbocycles. The number of H-pyrrole nitrogens is 1. The molecule has 4 aromatic heterocycles. The van der Waals surface area contributed by atoms with Crippen molar-refractivity contribution in [2.75, 3.05) is 18.0 Å². The summed E-state index contributed by atoms with van der Waals surface area (Å²) in [6, 6.07) is 6.56. The molecule has 1 aliphatic heterocycles. The van der Waals surface area contributed by atoms with Crippen LogP contribution in [-0.2, 0) is 0 Å². The Morgan fingerprint density at radius 1 is 1.14 bits per heavy atom. The molecule has 1 saturated heterocycles. The average molecular weight is 382 g/mol. The number of hydrogen-bond donors (Lipinski definition) is 1. The molecule has 4 aromatic rings. The molecule has 0 unspecified atom stereocenters. The smallest absolute Gasteiger partial charge is 0.158 e. The van der Waals surface area contributed by atoms with E-state index in [2.05, 4.69) is 54.7 Å².